The molecule has 88 valence electrons. The van der Waals surface area contributed by atoms with Gasteiger partial charge in [-0.15, -0.1) is 0 Å². The minimum Gasteiger partial charge on any atom is -0.508 e. The van der Waals surface area contributed by atoms with E-state index in [-0.39, 0.29) is 18.8 Å². The van der Waals surface area contributed by atoms with Crippen LogP contribution >= 0.6 is 0 Å². The van der Waals surface area contributed by atoms with Crippen LogP contribution in [-0.4, -0.2) is 21.3 Å². The molecule has 0 spiro atoms. The van der Waals surface area contributed by atoms with E-state index >= 15 is 0 Å². The SMILES string of the molecule is CC(C)(CC(=O)O)c1ccc(CO)c(O)c1. The molecule has 0 heterocycles. The molecule has 0 aliphatic carbocycles. The average molecular weight is 224 g/mol. The highest BCUT2D eigenvalue weighted by atomic mass is 16.4. The van der Waals surface area contributed by atoms with Gasteiger partial charge in [-0.2, -0.15) is 0 Å². The number of rotatable bonds is 4. The third kappa shape index (κ3) is 2.73. The van der Waals surface area contributed by atoms with Crippen LogP contribution in [-0.2, 0) is 16.8 Å². The lowest BCUT2D eigenvalue weighted by molar-refractivity contribution is -0.138. The van der Waals surface area contributed by atoms with Crippen molar-refractivity contribution < 1.29 is 20.1 Å². The number of aliphatic carboxylic acids is 1. The number of aliphatic hydroxyl groups excluding tert-OH is 1. The van der Waals surface area contributed by atoms with Crippen molar-refractivity contribution in [2.45, 2.75) is 32.3 Å². The van der Waals surface area contributed by atoms with Gasteiger partial charge in [0.1, 0.15) is 5.75 Å². The van der Waals surface area contributed by atoms with Gasteiger partial charge in [0.15, 0.2) is 0 Å². The lowest BCUT2D eigenvalue weighted by Gasteiger charge is -2.23. The molecule has 0 unspecified atom stereocenters. The van der Waals surface area contributed by atoms with Crippen LogP contribution in [0.15, 0.2) is 18.2 Å². The lowest BCUT2D eigenvalue weighted by atomic mass is 9.81. The Labute approximate surface area is 94.2 Å². The predicted octanol–water partition coefficient (Wildman–Crippen LogP) is 1.64. The third-order valence-electron chi connectivity index (χ3n) is 2.63. The van der Waals surface area contributed by atoms with Crippen molar-refractivity contribution in [1.82, 2.24) is 0 Å². The summed E-state index contributed by atoms with van der Waals surface area (Å²) in [7, 11) is 0. The van der Waals surface area contributed by atoms with E-state index in [2.05, 4.69) is 0 Å². The largest absolute Gasteiger partial charge is 0.508 e. The Morgan fingerprint density at radius 2 is 2.00 bits per heavy atom. The molecule has 1 aromatic carbocycles. The summed E-state index contributed by atoms with van der Waals surface area (Å²) < 4.78 is 0. The number of carboxylic acids is 1. The van der Waals surface area contributed by atoms with E-state index in [9.17, 15) is 9.90 Å². The Hall–Kier alpha value is -1.55. The summed E-state index contributed by atoms with van der Waals surface area (Å²) in [5, 5.41) is 27.3. The van der Waals surface area contributed by atoms with Gasteiger partial charge in [-0.3, -0.25) is 4.79 Å². The molecule has 0 radical (unpaired) electrons. The average Bonchev–Trinajstić information content (AvgIpc) is 2.15. The van der Waals surface area contributed by atoms with Gasteiger partial charge in [-0.05, 0) is 11.6 Å². The minimum absolute atomic E-state index is 0.00142. The fourth-order valence-electron chi connectivity index (χ4n) is 1.60. The highest BCUT2D eigenvalue weighted by Crippen LogP contribution is 2.30. The number of aliphatic hydroxyl groups is 1. The Morgan fingerprint density at radius 3 is 2.44 bits per heavy atom. The quantitative estimate of drug-likeness (QED) is 0.726. The number of hydrogen-bond donors (Lipinski definition) is 3. The smallest absolute Gasteiger partial charge is 0.304 e. The second-order valence-corrected chi connectivity index (χ2v) is 4.46. The molecule has 4 heteroatoms. The molecule has 0 atom stereocenters. The molecule has 16 heavy (non-hydrogen) atoms. The number of carboxylic acid groups (broad SMARTS) is 1. The van der Waals surface area contributed by atoms with Crippen LogP contribution in [0.1, 0.15) is 31.4 Å². The van der Waals surface area contributed by atoms with E-state index in [0.29, 0.717) is 5.56 Å². The van der Waals surface area contributed by atoms with Crippen LogP contribution in [0.2, 0.25) is 0 Å². The van der Waals surface area contributed by atoms with Crippen LogP contribution < -0.4 is 0 Å². The summed E-state index contributed by atoms with van der Waals surface area (Å²) in [6, 6.07) is 4.84. The summed E-state index contributed by atoms with van der Waals surface area (Å²) in [4.78, 5) is 10.7. The minimum atomic E-state index is -0.879. The number of carbonyl (C=O) groups is 1. The Morgan fingerprint density at radius 1 is 1.38 bits per heavy atom. The zero-order valence-corrected chi connectivity index (χ0v) is 9.40. The van der Waals surface area contributed by atoms with Crippen molar-refractivity contribution in [3.05, 3.63) is 29.3 Å². The molecule has 0 aliphatic heterocycles. The summed E-state index contributed by atoms with van der Waals surface area (Å²) in [5.41, 5.74) is 0.636. The predicted molar refractivity (Wildman–Crippen MR) is 59.3 cm³/mol. The van der Waals surface area contributed by atoms with Crippen molar-refractivity contribution in [2.24, 2.45) is 0 Å². The molecule has 0 saturated heterocycles. The van der Waals surface area contributed by atoms with Crippen molar-refractivity contribution >= 4 is 5.97 Å². The molecule has 0 amide bonds. The molecule has 3 N–H and O–H groups in total. The Bertz CT molecular complexity index is 396. The van der Waals surface area contributed by atoms with Gasteiger partial charge in [-0.1, -0.05) is 26.0 Å². The normalized spacial score (nSPS) is 11.4. The molecular weight excluding hydrogens is 208 g/mol. The summed E-state index contributed by atoms with van der Waals surface area (Å²) in [6.07, 6.45) is -0.00902. The second-order valence-electron chi connectivity index (χ2n) is 4.46. The maximum atomic E-state index is 10.7. The molecule has 1 rings (SSSR count). The molecular formula is C12H16O4. The number of hydrogen-bond acceptors (Lipinski definition) is 3. The Balaban J connectivity index is 3.04. The topological polar surface area (TPSA) is 77.8 Å². The van der Waals surface area contributed by atoms with Crippen molar-refractivity contribution in [2.75, 3.05) is 0 Å². The first-order chi connectivity index (χ1) is 7.36. The van der Waals surface area contributed by atoms with Crippen molar-refractivity contribution in [3.63, 3.8) is 0 Å². The monoisotopic (exact) mass is 224 g/mol. The maximum Gasteiger partial charge on any atom is 0.304 e. The Kier molecular flexibility index (Phi) is 3.55. The van der Waals surface area contributed by atoms with Crippen LogP contribution in [0.3, 0.4) is 0 Å². The maximum absolute atomic E-state index is 10.7. The molecule has 0 aliphatic rings. The van der Waals surface area contributed by atoms with Gasteiger partial charge < -0.3 is 15.3 Å². The molecule has 0 aromatic heterocycles. The van der Waals surface area contributed by atoms with E-state index in [0.717, 1.165) is 5.56 Å². The van der Waals surface area contributed by atoms with Crippen LogP contribution in [0.5, 0.6) is 5.75 Å². The third-order valence-corrected chi connectivity index (χ3v) is 2.63. The molecule has 4 nitrogen and oxygen atoms in total. The summed E-state index contributed by atoms with van der Waals surface area (Å²) in [6.45, 7) is 3.37. The first-order valence-corrected chi connectivity index (χ1v) is 5.02. The molecule has 0 fully saturated rings. The van der Waals surface area contributed by atoms with Crippen molar-refractivity contribution in [3.8, 4) is 5.75 Å². The summed E-state index contributed by atoms with van der Waals surface area (Å²) in [5.74, 6) is -0.880. The van der Waals surface area contributed by atoms with Gasteiger partial charge in [0.05, 0.1) is 13.0 Å². The van der Waals surface area contributed by atoms with E-state index in [1.54, 1.807) is 26.0 Å². The number of benzene rings is 1. The van der Waals surface area contributed by atoms with Gasteiger partial charge in [0.2, 0.25) is 0 Å². The van der Waals surface area contributed by atoms with E-state index in [1.165, 1.54) is 6.07 Å². The van der Waals surface area contributed by atoms with Crippen LogP contribution in [0, 0.1) is 0 Å². The fourth-order valence-corrected chi connectivity index (χ4v) is 1.60. The molecule has 0 saturated carbocycles. The number of aromatic hydroxyl groups is 1. The molecule has 1 aromatic rings. The highest BCUT2D eigenvalue weighted by Gasteiger charge is 2.24. The lowest BCUT2D eigenvalue weighted by Crippen LogP contribution is -2.21. The number of phenols is 1. The van der Waals surface area contributed by atoms with E-state index < -0.39 is 11.4 Å². The first kappa shape index (κ1) is 12.5. The van der Waals surface area contributed by atoms with Gasteiger partial charge in [-0.25, -0.2) is 0 Å². The zero-order valence-electron chi connectivity index (χ0n) is 9.40. The second kappa shape index (κ2) is 4.53. The van der Waals surface area contributed by atoms with Gasteiger partial charge in [0.25, 0.3) is 0 Å². The van der Waals surface area contributed by atoms with Crippen molar-refractivity contribution in [1.29, 1.82) is 0 Å². The van der Waals surface area contributed by atoms with Crippen LogP contribution in [0.25, 0.3) is 0 Å². The van der Waals surface area contributed by atoms with Gasteiger partial charge in [0, 0.05) is 11.0 Å². The molecule has 0 bridgehead atoms. The van der Waals surface area contributed by atoms with Crippen LogP contribution in [0.4, 0.5) is 0 Å². The zero-order chi connectivity index (χ0) is 12.3. The standard InChI is InChI=1S/C12H16O4/c1-12(2,6-11(15)16)9-4-3-8(7-13)10(14)5-9/h3-5,13-14H,6-7H2,1-2H3,(H,15,16). The van der Waals surface area contributed by atoms with E-state index in [1.807, 2.05) is 0 Å². The van der Waals surface area contributed by atoms with E-state index in [4.69, 9.17) is 10.2 Å². The first-order valence-electron chi connectivity index (χ1n) is 5.02. The summed E-state index contributed by atoms with van der Waals surface area (Å²) >= 11 is 0. The fraction of sp³-hybridized carbons (Fsp3) is 0.417. The van der Waals surface area contributed by atoms with Gasteiger partial charge >= 0.3 is 5.97 Å². The highest BCUT2D eigenvalue weighted by molar-refractivity contribution is 5.69.